The van der Waals surface area contributed by atoms with Gasteiger partial charge in [-0.05, 0) is 43.7 Å². The molecule has 1 atom stereocenters. The molecular weight excluding hydrogens is 172 g/mol. The van der Waals surface area contributed by atoms with Crippen LogP contribution in [-0.2, 0) is 0 Å². The van der Waals surface area contributed by atoms with Gasteiger partial charge in [-0.2, -0.15) is 0 Å². The Bertz CT molecular complexity index is 183. The van der Waals surface area contributed by atoms with Crippen LogP contribution in [0.3, 0.4) is 0 Å². The molecule has 0 radical (unpaired) electrons. The first-order chi connectivity index (χ1) is 6.70. The van der Waals surface area contributed by atoms with Gasteiger partial charge in [-0.1, -0.05) is 13.8 Å². The monoisotopic (exact) mass is 196 g/mol. The maximum atomic E-state index is 3.53. The number of nitrogens with zero attached hydrogens (tertiary/aromatic N) is 1. The SMILES string of the molecule is CC(C)CN1CCCC2(CCNC2)C1. The van der Waals surface area contributed by atoms with Crippen molar-refractivity contribution in [2.45, 2.75) is 33.1 Å². The summed E-state index contributed by atoms with van der Waals surface area (Å²) < 4.78 is 0. The van der Waals surface area contributed by atoms with E-state index in [0.717, 1.165) is 5.92 Å². The molecule has 2 aliphatic rings. The van der Waals surface area contributed by atoms with Gasteiger partial charge in [0.2, 0.25) is 0 Å². The third kappa shape index (κ3) is 2.29. The highest BCUT2D eigenvalue weighted by atomic mass is 15.2. The molecule has 0 aromatic rings. The standard InChI is InChI=1S/C12H24N2/c1-11(2)8-14-7-3-4-12(10-14)5-6-13-9-12/h11,13H,3-10H2,1-2H3. The van der Waals surface area contributed by atoms with E-state index in [0.29, 0.717) is 5.41 Å². The lowest BCUT2D eigenvalue weighted by molar-refractivity contribution is 0.0938. The van der Waals surface area contributed by atoms with E-state index in [1.54, 1.807) is 0 Å². The van der Waals surface area contributed by atoms with Crippen LogP contribution in [0.25, 0.3) is 0 Å². The van der Waals surface area contributed by atoms with Gasteiger partial charge in [0.15, 0.2) is 0 Å². The van der Waals surface area contributed by atoms with E-state index in [1.165, 1.54) is 52.0 Å². The maximum Gasteiger partial charge on any atom is 0.00507 e. The van der Waals surface area contributed by atoms with Crippen molar-refractivity contribution >= 4 is 0 Å². The Balaban J connectivity index is 1.90. The number of hydrogen-bond acceptors (Lipinski definition) is 2. The second-order valence-corrected chi connectivity index (χ2v) is 5.66. The van der Waals surface area contributed by atoms with Gasteiger partial charge < -0.3 is 10.2 Å². The van der Waals surface area contributed by atoms with E-state index < -0.39 is 0 Å². The molecule has 1 spiro atoms. The zero-order valence-electron chi connectivity index (χ0n) is 9.68. The van der Waals surface area contributed by atoms with Crippen LogP contribution in [-0.4, -0.2) is 37.6 Å². The third-order valence-corrected chi connectivity index (χ3v) is 3.70. The third-order valence-electron chi connectivity index (χ3n) is 3.70. The quantitative estimate of drug-likeness (QED) is 0.723. The van der Waals surface area contributed by atoms with E-state index in [1.807, 2.05) is 0 Å². The highest BCUT2D eigenvalue weighted by Gasteiger charge is 2.37. The van der Waals surface area contributed by atoms with Gasteiger partial charge in [-0.25, -0.2) is 0 Å². The van der Waals surface area contributed by atoms with E-state index in [2.05, 4.69) is 24.1 Å². The topological polar surface area (TPSA) is 15.3 Å². The molecule has 1 N–H and O–H groups in total. The average Bonchev–Trinajstić information content (AvgIpc) is 2.52. The predicted molar refractivity (Wildman–Crippen MR) is 60.4 cm³/mol. The predicted octanol–water partition coefficient (Wildman–Crippen LogP) is 1.72. The summed E-state index contributed by atoms with van der Waals surface area (Å²) >= 11 is 0. The molecule has 14 heavy (non-hydrogen) atoms. The average molecular weight is 196 g/mol. The van der Waals surface area contributed by atoms with Crippen LogP contribution in [0.15, 0.2) is 0 Å². The van der Waals surface area contributed by atoms with Gasteiger partial charge in [0.05, 0.1) is 0 Å². The van der Waals surface area contributed by atoms with Crippen molar-refractivity contribution in [3.63, 3.8) is 0 Å². The Labute approximate surface area is 88.1 Å². The normalized spacial score (nSPS) is 34.5. The summed E-state index contributed by atoms with van der Waals surface area (Å²) in [6.07, 6.45) is 4.27. The molecule has 0 bridgehead atoms. The highest BCUT2D eigenvalue weighted by Crippen LogP contribution is 2.35. The second-order valence-electron chi connectivity index (χ2n) is 5.66. The van der Waals surface area contributed by atoms with Crippen LogP contribution in [0, 0.1) is 11.3 Å². The lowest BCUT2D eigenvalue weighted by Gasteiger charge is -2.40. The Morgan fingerprint density at radius 1 is 1.36 bits per heavy atom. The molecule has 82 valence electrons. The molecule has 2 nitrogen and oxygen atoms in total. The van der Waals surface area contributed by atoms with E-state index in [-0.39, 0.29) is 0 Å². The Morgan fingerprint density at radius 2 is 2.21 bits per heavy atom. The molecule has 2 heterocycles. The summed E-state index contributed by atoms with van der Waals surface area (Å²) in [5.74, 6) is 0.819. The Morgan fingerprint density at radius 3 is 2.86 bits per heavy atom. The van der Waals surface area contributed by atoms with Crippen molar-refractivity contribution in [3.8, 4) is 0 Å². The maximum absolute atomic E-state index is 3.53. The first-order valence-electron chi connectivity index (χ1n) is 6.13. The lowest BCUT2D eigenvalue weighted by atomic mass is 9.79. The Kier molecular flexibility index (Phi) is 3.13. The molecule has 1 unspecified atom stereocenters. The number of piperidine rings is 1. The van der Waals surface area contributed by atoms with Gasteiger partial charge in [-0.15, -0.1) is 0 Å². The van der Waals surface area contributed by atoms with Gasteiger partial charge in [0.1, 0.15) is 0 Å². The van der Waals surface area contributed by atoms with Gasteiger partial charge in [-0.3, -0.25) is 0 Å². The summed E-state index contributed by atoms with van der Waals surface area (Å²) in [4.78, 5) is 2.68. The molecule has 2 rings (SSSR count). The second kappa shape index (κ2) is 4.19. The van der Waals surface area contributed by atoms with Crippen molar-refractivity contribution in [1.29, 1.82) is 0 Å². The number of rotatable bonds is 2. The van der Waals surface area contributed by atoms with Gasteiger partial charge in [0.25, 0.3) is 0 Å². The van der Waals surface area contributed by atoms with E-state index in [4.69, 9.17) is 0 Å². The number of nitrogens with one attached hydrogen (secondary N) is 1. The van der Waals surface area contributed by atoms with Crippen LogP contribution >= 0.6 is 0 Å². The summed E-state index contributed by atoms with van der Waals surface area (Å²) in [6, 6.07) is 0. The van der Waals surface area contributed by atoms with Crippen LogP contribution in [0.5, 0.6) is 0 Å². The summed E-state index contributed by atoms with van der Waals surface area (Å²) in [5, 5.41) is 3.53. The summed E-state index contributed by atoms with van der Waals surface area (Å²) in [6.45, 7) is 11.1. The first kappa shape index (κ1) is 10.4. The molecule has 2 aliphatic heterocycles. The molecule has 2 saturated heterocycles. The van der Waals surface area contributed by atoms with Crippen LogP contribution in [0.4, 0.5) is 0 Å². The van der Waals surface area contributed by atoms with Crippen LogP contribution in [0.2, 0.25) is 0 Å². The zero-order chi connectivity index (χ0) is 10.0. The summed E-state index contributed by atoms with van der Waals surface area (Å²) in [7, 11) is 0. The highest BCUT2D eigenvalue weighted by molar-refractivity contribution is 4.93. The largest absolute Gasteiger partial charge is 0.316 e. The molecule has 0 aromatic carbocycles. The molecule has 2 heteroatoms. The van der Waals surface area contributed by atoms with Crippen molar-refractivity contribution in [3.05, 3.63) is 0 Å². The van der Waals surface area contributed by atoms with Gasteiger partial charge >= 0.3 is 0 Å². The lowest BCUT2D eigenvalue weighted by Crippen LogP contribution is -2.45. The van der Waals surface area contributed by atoms with Crippen molar-refractivity contribution in [1.82, 2.24) is 10.2 Å². The van der Waals surface area contributed by atoms with Crippen LogP contribution in [0.1, 0.15) is 33.1 Å². The first-order valence-corrected chi connectivity index (χ1v) is 6.13. The molecule has 0 aliphatic carbocycles. The Hall–Kier alpha value is -0.0800. The van der Waals surface area contributed by atoms with Crippen LogP contribution < -0.4 is 5.32 Å². The summed E-state index contributed by atoms with van der Waals surface area (Å²) in [5.41, 5.74) is 0.646. The molecule has 0 aromatic heterocycles. The molecule has 0 saturated carbocycles. The number of hydrogen-bond donors (Lipinski definition) is 1. The minimum absolute atomic E-state index is 0.646. The minimum atomic E-state index is 0.646. The smallest absolute Gasteiger partial charge is 0.00507 e. The molecule has 0 amide bonds. The zero-order valence-corrected chi connectivity index (χ0v) is 9.68. The fourth-order valence-electron chi connectivity index (χ4n) is 3.13. The van der Waals surface area contributed by atoms with E-state index in [9.17, 15) is 0 Å². The minimum Gasteiger partial charge on any atom is -0.316 e. The number of likely N-dealkylation sites (tertiary alicyclic amines) is 1. The van der Waals surface area contributed by atoms with Crippen molar-refractivity contribution in [2.24, 2.45) is 11.3 Å². The molecular formula is C12H24N2. The fraction of sp³-hybridized carbons (Fsp3) is 1.00. The van der Waals surface area contributed by atoms with Crippen molar-refractivity contribution < 1.29 is 0 Å². The van der Waals surface area contributed by atoms with Crippen molar-refractivity contribution in [2.75, 3.05) is 32.7 Å². The van der Waals surface area contributed by atoms with Gasteiger partial charge in [0, 0.05) is 19.6 Å². The fourth-order valence-corrected chi connectivity index (χ4v) is 3.13. The molecule has 2 fully saturated rings. The van der Waals surface area contributed by atoms with E-state index >= 15 is 0 Å².